The zero-order chi connectivity index (χ0) is 8.70. The molecule has 0 unspecified atom stereocenters. The minimum absolute atomic E-state index is 0.238. The van der Waals surface area contributed by atoms with Gasteiger partial charge < -0.3 is 11.1 Å². The van der Waals surface area contributed by atoms with Gasteiger partial charge in [0.1, 0.15) is 0 Å². The van der Waals surface area contributed by atoms with E-state index in [-0.39, 0.29) is 10.8 Å². The highest BCUT2D eigenvalue weighted by Gasteiger charge is 2.41. The molecule has 0 bridgehead atoms. The fraction of sp³-hybridized carbons (Fsp3) is 1.00. The zero-order valence-corrected chi connectivity index (χ0v) is 8.07. The van der Waals surface area contributed by atoms with Crippen molar-refractivity contribution in [1.29, 1.82) is 0 Å². The van der Waals surface area contributed by atoms with E-state index in [1.54, 1.807) is 0 Å². The van der Waals surface area contributed by atoms with Crippen LogP contribution in [-0.4, -0.2) is 19.1 Å². The Labute approximate surface area is 69.5 Å². The summed E-state index contributed by atoms with van der Waals surface area (Å²) in [5, 5.41) is 3.42. The highest BCUT2D eigenvalue weighted by molar-refractivity contribution is 4.98. The van der Waals surface area contributed by atoms with Gasteiger partial charge in [0.25, 0.3) is 0 Å². The van der Waals surface area contributed by atoms with Gasteiger partial charge in [0.05, 0.1) is 0 Å². The third-order valence-corrected chi connectivity index (χ3v) is 2.85. The van der Waals surface area contributed by atoms with Crippen LogP contribution in [0.15, 0.2) is 0 Å². The first-order valence-corrected chi connectivity index (χ1v) is 4.32. The predicted octanol–water partition coefficient (Wildman–Crippen LogP) is 0.969. The maximum Gasteiger partial charge on any atom is 0.0166 e. The molecule has 0 radical (unpaired) electrons. The molecule has 66 valence electrons. The molecular formula is C9H20N2. The Morgan fingerprint density at radius 3 is 1.73 bits per heavy atom. The molecule has 1 aliphatic heterocycles. The van der Waals surface area contributed by atoms with E-state index in [9.17, 15) is 0 Å². The van der Waals surface area contributed by atoms with Gasteiger partial charge in [-0.2, -0.15) is 0 Å². The van der Waals surface area contributed by atoms with Crippen molar-refractivity contribution in [2.75, 3.05) is 13.1 Å². The minimum Gasteiger partial charge on any atom is -0.327 e. The molecule has 1 saturated heterocycles. The van der Waals surface area contributed by atoms with Crippen LogP contribution in [0.3, 0.4) is 0 Å². The minimum atomic E-state index is 0.238. The molecule has 3 N–H and O–H groups in total. The second kappa shape index (κ2) is 2.46. The van der Waals surface area contributed by atoms with Gasteiger partial charge >= 0.3 is 0 Å². The summed E-state index contributed by atoms with van der Waals surface area (Å²) < 4.78 is 0. The molecule has 0 saturated carbocycles. The number of nitrogens with two attached hydrogens (primary N) is 1. The van der Waals surface area contributed by atoms with Crippen LogP contribution in [0.4, 0.5) is 0 Å². The van der Waals surface area contributed by atoms with Crippen LogP contribution in [0.1, 0.15) is 27.7 Å². The lowest BCUT2D eigenvalue weighted by molar-refractivity contribution is 0.0957. The molecule has 11 heavy (non-hydrogen) atoms. The highest BCUT2D eigenvalue weighted by Crippen LogP contribution is 2.34. The SMILES string of the molecule is CC1(C)CNCC(C)(C)C1N. The van der Waals surface area contributed by atoms with Crippen LogP contribution >= 0.6 is 0 Å². The Bertz CT molecular complexity index is 134. The summed E-state index contributed by atoms with van der Waals surface area (Å²) in [6.07, 6.45) is 0. The van der Waals surface area contributed by atoms with Crippen LogP contribution in [-0.2, 0) is 0 Å². The summed E-state index contributed by atoms with van der Waals surface area (Å²) in [6.45, 7) is 11.0. The molecule has 2 nitrogen and oxygen atoms in total. The van der Waals surface area contributed by atoms with Crippen LogP contribution in [0.25, 0.3) is 0 Å². The molecule has 0 amide bonds. The van der Waals surface area contributed by atoms with E-state index < -0.39 is 0 Å². The zero-order valence-electron chi connectivity index (χ0n) is 8.07. The molecule has 0 aromatic heterocycles. The van der Waals surface area contributed by atoms with Crippen molar-refractivity contribution < 1.29 is 0 Å². The predicted molar refractivity (Wildman–Crippen MR) is 48.4 cm³/mol. The largest absolute Gasteiger partial charge is 0.327 e. The molecule has 0 aromatic carbocycles. The fourth-order valence-electron chi connectivity index (χ4n) is 1.98. The first kappa shape index (κ1) is 9.01. The first-order valence-electron chi connectivity index (χ1n) is 4.32. The van der Waals surface area contributed by atoms with Crippen molar-refractivity contribution in [3.8, 4) is 0 Å². The van der Waals surface area contributed by atoms with Crippen molar-refractivity contribution >= 4 is 0 Å². The van der Waals surface area contributed by atoms with Gasteiger partial charge in [0.2, 0.25) is 0 Å². The van der Waals surface area contributed by atoms with Gasteiger partial charge in [0.15, 0.2) is 0 Å². The Morgan fingerprint density at radius 1 is 1.09 bits per heavy atom. The lowest BCUT2D eigenvalue weighted by Crippen LogP contribution is -2.60. The Kier molecular flexibility index (Phi) is 2.01. The molecule has 0 spiro atoms. The summed E-state index contributed by atoms with van der Waals surface area (Å²) in [5.41, 5.74) is 6.63. The van der Waals surface area contributed by atoms with E-state index in [2.05, 4.69) is 33.0 Å². The molecule has 0 aliphatic carbocycles. The molecular weight excluding hydrogens is 136 g/mol. The maximum atomic E-state index is 6.15. The second-order valence-electron chi connectivity index (χ2n) is 5.06. The maximum absolute atomic E-state index is 6.15. The third-order valence-electron chi connectivity index (χ3n) is 2.85. The summed E-state index contributed by atoms with van der Waals surface area (Å²) in [5.74, 6) is 0. The number of nitrogens with one attached hydrogen (secondary N) is 1. The monoisotopic (exact) mass is 156 g/mol. The van der Waals surface area contributed by atoms with Crippen molar-refractivity contribution in [3.05, 3.63) is 0 Å². The lowest BCUT2D eigenvalue weighted by atomic mass is 9.68. The van der Waals surface area contributed by atoms with E-state index in [1.165, 1.54) is 0 Å². The first-order chi connectivity index (χ1) is 4.86. The van der Waals surface area contributed by atoms with Crippen LogP contribution in [0.2, 0.25) is 0 Å². The molecule has 1 fully saturated rings. The van der Waals surface area contributed by atoms with Crippen LogP contribution in [0.5, 0.6) is 0 Å². The summed E-state index contributed by atoms with van der Waals surface area (Å²) in [7, 11) is 0. The van der Waals surface area contributed by atoms with E-state index >= 15 is 0 Å². The number of rotatable bonds is 0. The molecule has 1 heterocycles. The molecule has 0 aromatic rings. The molecule has 2 heteroatoms. The van der Waals surface area contributed by atoms with E-state index in [0.29, 0.717) is 6.04 Å². The number of hydrogen-bond donors (Lipinski definition) is 2. The van der Waals surface area contributed by atoms with Gasteiger partial charge in [-0.05, 0) is 10.8 Å². The summed E-state index contributed by atoms with van der Waals surface area (Å²) >= 11 is 0. The van der Waals surface area contributed by atoms with Gasteiger partial charge in [-0.25, -0.2) is 0 Å². The van der Waals surface area contributed by atoms with E-state index in [1.807, 2.05) is 0 Å². The Morgan fingerprint density at radius 2 is 1.45 bits per heavy atom. The average molecular weight is 156 g/mol. The second-order valence-corrected chi connectivity index (χ2v) is 5.06. The van der Waals surface area contributed by atoms with Gasteiger partial charge in [0, 0.05) is 19.1 Å². The van der Waals surface area contributed by atoms with Gasteiger partial charge in [-0.1, -0.05) is 27.7 Å². The van der Waals surface area contributed by atoms with Crippen molar-refractivity contribution in [3.63, 3.8) is 0 Å². The summed E-state index contributed by atoms with van der Waals surface area (Å²) in [6, 6.07) is 0.302. The van der Waals surface area contributed by atoms with Crippen molar-refractivity contribution in [2.45, 2.75) is 33.7 Å². The molecule has 1 aliphatic rings. The quantitative estimate of drug-likeness (QED) is 0.548. The smallest absolute Gasteiger partial charge is 0.0166 e. The van der Waals surface area contributed by atoms with Crippen LogP contribution in [0, 0.1) is 10.8 Å². The normalized spacial score (nSPS) is 30.3. The topological polar surface area (TPSA) is 38.0 Å². The van der Waals surface area contributed by atoms with Crippen LogP contribution < -0.4 is 11.1 Å². The number of piperidine rings is 1. The lowest BCUT2D eigenvalue weighted by Gasteiger charge is -2.47. The van der Waals surface area contributed by atoms with Gasteiger partial charge in [-0.3, -0.25) is 0 Å². The summed E-state index contributed by atoms with van der Waals surface area (Å²) in [4.78, 5) is 0. The van der Waals surface area contributed by atoms with Crippen molar-refractivity contribution in [2.24, 2.45) is 16.6 Å². The Hall–Kier alpha value is -0.0800. The average Bonchev–Trinajstić information content (AvgIpc) is 1.82. The standard InChI is InChI=1S/C9H20N2/c1-8(2)5-11-6-9(3,4)7(8)10/h7,11H,5-6,10H2,1-4H3. The van der Waals surface area contributed by atoms with E-state index in [4.69, 9.17) is 5.73 Å². The number of hydrogen-bond acceptors (Lipinski definition) is 2. The van der Waals surface area contributed by atoms with Crippen molar-refractivity contribution in [1.82, 2.24) is 5.32 Å². The molecule has 1 rings (SSSR count). The van der Waals surface area contributed by atoms with E-state index in [0.717, 1.165) is 13.1 Å². The fourth-order valence-corrected chi connectivity index (χ4v) is 1.98. The molecule has 0 atom stereocenters. The third kappa shape index (κ3) is 1.57. The Balaban J connectivity index is 2.76. The van der Waals surface area contributed by atoms with Gasteiger partial charge in [-0.15, -0.1) is 0 Å². The highest BCUT2D eigenvalue weighted by atomic mass is 15.0.